The molecule has 2 unspecified atom stereocenters. The first-order valence-corrected chi connectivity index (χ1v) is 36.1. The zero-order valence-corrected chi connectivity index (χ0v) is 53.6. The predicted molar refractivity (Wildman–Crippen MR) is 342 cm³/mol. The third kappa shape index (κ3) is 44.6. The molecule has 0 aliphatic carbocycles. The van der Waals surface area contributed by atoms with Gasteiger partial charge in [0.05, 0.1) is 5.92 Å². The molecule has 0 aliphatic heterocycles. The molecule has 0 heterocycles. The number of carboxylic acid groups (broad SMARTS) is 3. The molecular weight excluding hydrogens is 977 g/mol. The van der Waals surface area contributed by atoms with Gasteiger partial charge in [0.2, 0.25) is 0 Å². The highest BCUT2D eigenvalue weighted by atomic mass is 16.4. The molecular formula is C72H140O7. The van der Waals surface area contributed by atoms with E-state index in [4.69, 9.17) is 0 Å². The molecule has 7 heteroatoms. The SMILES string of the molecule is CCCCCCCCCCCCCCCCCCCCCCC(C(=O)O)C(O)(C(=O)O)C(CCCCCCCCCCCCCCCCCCCCCC)(CCCCCCCCCCCCCCCCCCCCCC)C(=O)O. The summed E-state index contributed by atoms with van der Waals surface area (Å²) in [5.41, 5.74) is -4.97. The normalized spacial score (nSPS) is 13.1. The molecule has 0 rings (SSSR count). The van der Waals surface area contributed by atoms with Crippen molar-refractivity contribution in [2.24, 2.45) is 11.3 Å². The first kappa shape index (κ1) is 77.4. The van der Waals surface area contributed by atoms with E-state index in [2.05, 4.69) is 20.8 Å². The van der Waals surface area contributed by atoms with Crippen LogP contribution in [-0.2, 0) is 14.4 Å². The Kier molecular flexibility index (Phi) is 58.3. The Hall–Kier alpha value is -1.63. The van der Waals surface area contributed by atoms with Crippen molar-refractivity contribution < 1.29 is 34.8 Å². The van der Waals surface area contributed by atoms with Gasteiger partial charge in [0.25, 0.3) is 0 Å². The van der Waals surface area contributed by atoms with Gasteiger partial charge in [0, 0.05) is 0 Å². The third-order valence-electron chi connectivity index (χ3n) is 18.5. The number of unbranched alkanes of at least 4 members (excludes halogenated alkanes) is 57. The fraction of sp³-hybridized carbons (Fsp3) is 0.958. The number of aliphatic hydroxyl groups is 1. The van der Waals surface area contributed by atoms with E-state index in [1.807, 2.05) is 0 Å². The van der Waals surface area contributed by atoms with E-state index in [1.165, 1.54) is 289 Å². The molecule has 2 atom stereocenters. The van der Waals surface area contributed by atoms with Gasteiger partial charge in [-0.05, 0) is 19.3 Å². The minimum Gasteiger partial charge on any atom is -0.481 e. The van der Waals surface area contributed by atoms with Crippen LogP contribution in [0.2, 0.25) is 0 Å². The summed E-state index contributed by atoms with van der Waals surface area (Å²) in [6.07, 6.45) is 73.6. The Morgan fingerprint density at radius 1 is 0.253 bits per heavy atom. The van der Waals surface area contributed by atoms with Crippen LogP contribution in [0.5, 0.6) is 0 Å². The standard InChI is InChI=1S/C72H140O7/c1-4-7-10-13-16-19-22-25-28-31-34-37-40-43-46-49-52-55-58-61-64-67(68(73)74)72(79,70(77)78)71(69(75)76,65-62-59-56-53-50-47-44-41-38-35-32-29-26-23-20-17-14-11-8-5-2)66-63-60-57-54-51-48-45-42-39-36-33-30-27-24-21-18-15-12-9-6-3/h67,79H,4-66H2,1-3H3,(H,73,74)(H,75,76)(H,77,78). The number of hydrogen-bond donors (Lipinski definition) is 4. The molecule has 0 saturated carbocycles. The molecule has 0 radical (unpaired) electrons. The Morgan fingerprint density at radius 3 is 0.570 bits per heavy atom. The zero-order valence-electron chi connectivity index (χ0n) is 53.6. The quantitative estimate of drug-likeness (QED) is 0.0446. The number of carbonyl (C=O) groups is 3. The highest BCUT2D eigenvalue weighted by Gasteiger charge is 2.65. The topological polar surface area (TPSA) is 132 Å². The molecule has 0 aromatic heterocycles. The van der Waals surface area contributed by atoms with E-state index in [-0.39, 0.29) is 19.3 Å². The smallest absolute Gasteiger partial charge is 0.337 e. The summed E-state index contributed by atoms with van der Waals surface area (Å²) in [4.78, 5) is 40.0. The third-order valence-corrected chi connectivity index (χ3v) is 18.5. The summed E-state index contributed by atoms with van der Waals surface area (Å²) in [6, 6.07) is 0. The van der Waals surface area contributed by atoms with Crippen molar-refractivity contribution in [3.05, 3.63) is 0 Å². The summed E-state index contributed by atoms with van der Waals surface area (Å²) in [7, 11) is 0. The number of carboxylic acids is 3. The van der Waals surface area contributed by atoms with E-state index in [0.29, 0.717) is 19.3 Å². The molecule has 0 aromatic carbocycles. The Morgan fingerprint density at radius 2 is 0.418 bits per heavy atom. The number of rotatable bonds is 68. The largest absolute Gasteiger partial charge is 0.481 e. The maximum atomic E-state index is 13.6. The Labute approximate surface area is 492 Å². The molecule has 0 aliphatic rings. The second-order valence-corrected chi connectivity index (χ2v) is 25.8. The molecule has 0 spiro atoms. The van der Waals surface area contributed by atoms with Gasteiger partial charge in [-0.15, -0.1) is 0 Å². The van der Waals surface area contributed by atoms with Gasteiger partial charge >= 0.3 is 17.9 Å². The first-order valence-electron chi connectivity index (χ1n) is 36.1. The van der Waals surface area contributed by atoms with Crippen molar-refractivity contribution >= 4 is 17.9 Å². The van der Waals surface area contributed by atoms with Crippen LogP contribution in [0.4, 0.5) is 0 Å². The van der Waals surface area contributed by atoms with E-state index in [0.717, 1.165) is 77.0 Å². The van der Waals surface area contributed by atoms with Crippen LogP contribution in [0.3, 0.4) is 0 Å². The number of aliphatic carboxylic acids is 3. The highest BCUT2D eigenvalue weighted by molar-refractivity contribution is 5.93. The van der Waals surface area contributed by atoms with E-state index < -0.39 is 34.8 Å². The second-order valence-electron chi connectivity index (χ2n) is 25.8. The van der Waals surface area contributed by atoms with Crippen LogP contribution >= 0.6 is 0 Å². The van der Waals surface area contributed by atoms with Gasteiger partial charge in [-0.1, -0.05) is 406 Å². The monoisotopic (exact) mass is 1120 g/mol. The van der Waals surface area contributed by atoms with Crippen molar-refractivity contribution in [3.63, 3.8) is 0 Å². The summed E-state index contributed by atoms with van der Waals surface area (Å²) in [5.74, 6) is -6.15. The maximum absolute atomic E-state index is 13.6. The van der Waals surface area contributed by atoms with Crippen LogP contribution < -0.4 is 0 Å². The average molecular weight is 1120 g/mol. The van der Waals surface area contributed by atoms with Gasteiger partial charge in [-0.2, -0.15) is 0 Å². The van der Waals surface area contributed by atoms with Crippen molar-refractivity contribution in [1.82, 2.24) is 0 Å². The molecule has 0 amide bonds. The van der Waals surface area contributed by atoms with Gasteiger partial charge in [0.15, 0.2) is 5.60 Å². The minimum absolute atomic E-state index is 0.0216. The summed E-state index contributed by atoms with van der Waals surface area (Å²) >= 11 is 0. The summed E-state index contributed by atoms with van der Waals surface area (Å²) in [6.45, 7) is 6.83. The van der Waals surface area contributed by atoms with Gasteiger partial charge in [-0.25, -0.2) is 4.79 Å². The van der Waals surface area contributed by atoms with Crippen molar-refractivity contribution in [2.45, 2.75) is 431 Å². The van der Waals surface area contributed by atoms with Crippen molar-refractivity contribution in [1.29, 1.82) is 0 Å². The number of hydrogen-bond acceptors (Lipinski definition) is 4. The van der Waals surface area contributed by atoms with E-state index in [9.17, 15) is 34.8 Å². The predicted octanol–water partition coefficient (Wildman–Crippen LogP) is 24.2. The summed E-state index contributed by atoms with van der Waals surface area (Å²) in [5, 5.41) is 45.0. The Bertz CT molecular complexity index is 1240. The Balaban J connectivity index is 5.02. The van der Waals surface area contributed by atoms with Crippen molar-refractivity contribution in [2.75, 3.05) is 0 Å². The van der Waals surface area contributed by atoms with E-state index >= 15 is 0 Å². The van der Waals surface area contributed by atoms with Crippen LogP contribution in [0, 0.1) is 11.3 Å². The van der Waals surface area contributed by atoms with Gasteiger partial charge in [-0.3, -0.25) is 9.59 Å². The highest BCUT2D eigenvalue weighted by Crippen LogP contribution is 2.48. The lowest BCUT2D eigenvalue weighted by Crippen LogP contribution is -2.64. The molecule has 7 nitrogen and oxygen atoms in total. The van der Waals surface area contributed by atoms with Crippen LogP contribution in [0.1, 0.15) is 425 Å². The van der Waals surface area contributed by atoms with Gasteiger partial charge < -0.3 is 20.4 Å². The molecule has 470 valence electrons. The second kappa shape index (κ2) is 59.5. The molecule has 79 heavy (non-hydrogen) atoms. The van der Waals surface area contributed by atoms with E-state index in [1.54, 1.807) is 0 Å². The van der Waals surface area contributed by atoms with Crippen LogP contribution in [-0.4, -0.2) is 43.9 Å². The maximum Gasteiger partial charge on any atom is 0.337 e. The molecule has 0 fully saturated rings. The first-order chi connectivity index (χ1) is 38.7. The summed E-state index contributed by atoms with van der Waals surface area (Å²) < 4.78 is 0. The van der Waals surface area contributed by atoms with Crippen molar-refractivity contribution in [3.8, 4) is 0 Å². The zero-order chi connectivity index (χ0) is 57.9. The molecule has 0 aromatic rings. The lowest BCUT2D eigenvalue weighted by molar-refractivity contribution is -0.207. The lowest BCUT2D eigenvalue weighted by atomic mass is 9.59. The molecule has 0 saturated heterocycles. The van der Waals surface area contributed by atoms with Gasteiger partial charge in [0.1, 0.15) is 5.41 Å². The van der Waals surface area contributed by atoms with Crippen LogP contribution in [0.25, 0.3) is 0 Å². The van der Waals surface area contributed by atoms with Crippen LogP contribution in [0.15, 0.2) is 0 Å². The average Bonchev–Trinajstić information content (AvgIpc) is 3.58. The molecule has 4 N–H and O–H groups in total. The molecule has 0 bridgehead atoms. The minimum atomic E-state index is -2.90. The fourth-order valence-corrected chi connectivity index (χ4v) is 13.0. The fourth-order valence-electron chi connectivity index (χ4n) is 13.0. The lowest BCUT2D eigenvalue weighted by Gasteiger charge is -2.45.